The lowest BCUT2D eigenvalue weighted by atomic mass is 10.1. The van der Waals surface area contributed by atoms with Gasteiger partial charge in [0, 0.05) is 24.6 Å². The molecular formula is C15H20N2O5S. The SMILES string of the molecule is C=CCNS(=O)(=O)c1ccc(C(=O)NC(C)CCC(=O)O)cc1. The molecular weight excluding hydrogens is 320 g/mol. The molecule has 8 heteroatoms. The third-order valence-electron chi connectivity index (χ3n) is 3.01. The molecule has 1 aromatic rings. The molecule has 0 fully saturated rings. The summed E-state index contributed by atoms with van der Waals surface area (Å²) in [6.07, 6.45) is 1.71. The Morgan fingerprint density at radius 1 is 1.30 bits per heavy atom. The molecule has 3 N–H and O–H groups in total. The molecule has 0 bridgehead atoms. The van der Waals surface area contributed by atoms with Crippen molar-refractivity contribution in [2.75, 3.05) is 6.54 Å². The summed E-state index contributed by atoms with van der Waals surface area (Å²) >= 11 is 0. The Labute approximate surface area is 135 Å². The smallest absolute Gasteiger partial charge is 0.303 e. The highest BCUT2D eigenvalue weighted by molar-refractivity contribution is 7.89. The van der Waals surface area contributed by atoms with Crippen LogP contribution in [0.25, 0.3) is 0 Å². The first kappa shape index (κ1) is 18.9. The Bertz CT molecular complexity index is 668. The molecule has 0 aliphatic rings. The number of aliphatic carboxylic acids is 1. The van der Waals surface area contributed by atoms with E-state index >= 15 is 0 Å². The van der Waals surface area contributed by atoms with Crippen LogP contribution in [0.3, 0.4) is 0 Å². The number of hydrogen-bond acceptors (Lipinski definition) is 4. The van der Waals surface area contributed by atoms with Crippen molar-refractivity contribution in [1.29, 1.82) is 0 Å². The van der Waals surface area contributed by atoms with E-state index in [2.05, 4.69) is 16.6 Å². The van der Waals surface area contributed by atoms with Crippen molar-refractivity contribution in [2.24, 2.45) is 0 Å². The van der Waals surface area contributed by atoms with Crippen LogP contribution in [-0.2, 0) is 14.8 Å². The average molecular weight is 340 g/mol. The van der Waals surface area contributed by atoms with Gasteiger partial charge in [0.1, 0.15) is 0 Å². The molecule has 1 amide bonds. The highest BCUT2D eigenvalue weighted by atomic mass is 32.2. The molecule has 23 heavy (non-hydrogen) atoms. The first-order chi connectivity index (χ1) is 10.8. The number of hydrogen-bond donors (Lipinski definition) is 3. The van der Waals surface area contributed by atoms with Crippen LogP contribution in [0.5, 0.6) is 0 Å². The van der Waals surface area contributed by atoms with E-state index in [1.165, 1.54) is 30.3 Å². The number of carbonyl (C=O) groups is 2. The normalized spacial score (nSPS) is 12.4. The van der Waals surface area contributed by atoms with E-state index < -0.39 is 16.0 Å². The highest BCUT2D eigenvalue weighted by Gasteiger charge is 2.15. The number of nitrogens with one attached hydrogen (secondary N) is 2. The van der Waals surface area contributed by atoms with Crippen LogP contribution < -0.4 is 10.0 Å². The van der Waals surface area contributed by atoms with Crippen molar-refractivity contribution in [3.05, 3.63) is 42.5 Å². The molecule has 7 nitrogen and oxygen atoms in total. The van der Waals surface area contributed by atoms with Crippen LogP contribution in [0.4, 0.5) is 0 Å². The molecule has 0 saturated heterocycles. The largest absolute Gasteiger partial charge is 0.481 e. The van der Waals surface area contributed by atoms with E-state index in [0.29, 0.717) is 12.0 Å². The molecule has 0 heterocycles. The fourth-order valence-corrected chi connectivity index (χ4v) is 2.76. The average Bonchev–Trinajstić information content (AvgIpc) is 2.51. The molecule has 0 saturated carbocycles. The van der Waals surface area contributed by atoms with Gasteiger partial charge >= 0.3 is 5.97 Å². The first-order valence-corrected chi connectivity index (χ1v) is 8.48. The minimum Gasteiger partial charge on any atom is -0.481 e. The van der Waals surface area contributed by atoms with Gasteiger partial charge in [-0.05, 0) is 37.6 Å². The van der Waals surface area contributed by atoms with Gasteiger partial charge in [0.05, 0.1) is 4.90 Å². The van der Waals surface area contributed by atoms with Gasteiger partial charge in [-0.25, -0.2) is 13.1 Å². The van der Waals surface area contributed by atoms with Crippen LogP contribution in [0.2, 0.25) is 0 Å². The molecule has 1 rings (SSSR count). The summed E-state index contributed by atoms with van der Waals surface area (Å²) in [5.41, 5.74) is 0.301. The Morgan fingerprint density at radius 2 is 1.91 bits per heavy atom. The Morgan fingerprint density at radius 3 is 2.43 bits per heavy atom. The third-order valence-corrected chi connectivity index (χ3v) is 4.45. The zero-order valence-corrected chi connectivity index (χ0v) is 13.6. The lowest BCUT2D eigenvalue weighted by molar-refractivity contribution is -0.137. The number of amides is 1. The summed E-state index contributed by atoms with van der Waals surface area (Å²) in [6.45, 7) is 5.26. The minimum atomic E-state index is -3.62. The minimum absolute atomic E-state index is 0.0341. The van der Waals surface area contributed by atoms with Gasteiger partial charge in [0.2, 0.25) is 10.0 Å². The van der Waals surface area contributed by atoms with Crippen LogP contribution in [-0.4, -0.2) is 38.0 Å². The van der Waals surface area contributed by atoms with E-state index in [9.17, 15) is 18.0 Å². The molecule has 0 spiro atoms. The van der Waals surface area contributed by atoms with E-state index in [1.54, 1.807) is 6.92 Å². The van der Waals surface area contributed by atoms with Crippen molar-refractivity contribution in [3.63, 3.8) is 0 Å². The van der Waals surface area contributed by atoms with E-state index in [4.69, 9.17) is 5.11 Å². The van der Waals surface area contributed by atoms with Crippen molar-refractivity contribution in [1.82, 2.24) is 10.0 Å². The van der Waals surface area contributed by atoms with Crippen LogP contribution in [0, 0.1) is 0 Å². The number of sulfonamides is 1. The van der Waals surface area contributed by atoms with Crippen LogP contribution in [0.15, 0.2) is 41.8 Å². The van der Waals surface area contributed by atoms with Crippen molar-refractivity contribution >= 4 is 21.9 Å². The number of carboxylic acids is 1. The van der Waals surface area contributed by atoms with E-state index in [1.807, 2.05) is 0 Å². The predicted molar refractivity (Wildman–Crippen MR) is 85.6 cm³/mol. The maximum atomic E-state index is 12.0. The number of carboxylic acid groups (broad SMARTS) is 1. The molecule has 0 aromatic heterocycles. The van der Waals surface area contributed by atoms with Gasteiger partial charge in [-0.15, -0.1) is 6.58 Å². The number of rotatable bonds is 9. The molecule has 0 aliphatic heterocycles. The lowest BCUT2D eigenvalue weighted by Crippen LogP contribution is -2.33. The van der Waals surface area contributed by atoms with Crippen molar-refractivity contribution in [2.45, 2.75) is 30.7 Å². The van der Waals surface area contributed by atoms with Crippen molar-refractivity contribution < 1.29 is 23.1 Å². The maximum absolute atomic E-state index is 12.0. The third kappa shape index (κ3) is 6.21. The quantitative estimate of drug-likeness (QED) is 0.583. The van der Waals surface area contributed by atoms with Crippen molar-refractivity contribution in [3.8, 4) is 0 Å². The summed E-state index contributed by atoms with van der Waals surface area (Å²) < 4.78 is 26.1. The Hall–Kier alpha value is -2.19. The Kier molecular flexibility index (Phi) is 6.92. The van der Waals surface area contributed by atoms with Gasteiger partial charge in [-0.1, -0.05) is 6.08 Å². The second-order valence-electron chi connectivity index (χ2n) is 4.97. The van der Waals surface area contributed by atoms with Gasteiger partial charge in [0.25, 0.3) is 5.91 Å². The highest BCUT2D eigenvalue weighted by Crippen LogP contribution is 2.11. The van der Waals surface area contributed by atoms with Gasteiger partial charge in [-0.3, -0.25) is 9.59 Å². The van der Waals surface area contributed by atoms with E-state index in [-0.39, 0.29) is 29.8 Å². The molecule has 1 unspecified atom stereocenters. The zero-order chi connectivity index (χ0) is 17.5. The summed E-state index contributed by atoms with van der Waals surface area (Å²) in [5.74, 6) is -1.31. The summed E-state index contributed by atoms with van der Waals surface area (Å²) in [5, 5.41) is 11.3. The lowest BCUT2D eigenvalue weighted by Gasteiger charge is -2.13. The van der Waals surface area contributed by atoms with Crippen LogP contribution in [0.1, 0.15) is 30.1 Å². The molecule has 1 aromatic carbocycles. The zero-order valence-electron chi connectivity index (χ0n) is 12.8. The summed E-state index contributed by atoms with van der Waals surface area (Å²) in [7, 11) is -3.62. The summed E-state index contributed by atoms with van der Waals surface area (Å²) in [4.78, 5) is 22.5. The summed E-state index contributed by atoms with van der Waals surface area (Å²) in [6, 6.07) is 5.18. The van der Waals surface area contributed by atoms with E-state index in [0.717, 1.165) is 0 Å². The van der Waals surface area contributed by atoms with Gasteiger partial charge < -0.3 is 10.4 Å². The molecule has 0 radical (unpaired) electrons. The molecule has 1 atom stereocenters. The maximum Gasteiger partial charge on any atom is 0.303 e. The monoisotopic (exact) mass is 340 g/mol. The second kappa shape index (κ2) is 8.44. The van der Waals surface area contributed by atoms with Gasteiger partial charge in [0.15, 0.2) is 0 Å². The number of carbonyl (C=O) groups excluding carboxylic acids is 1. The molecule has 0 aliphatic carbocycles. The fraction of sp³-hybridized carbons (Fsp3) is 0.333. The standard InChI is InChI=1S/C15H20N2O5S/c1-3-10-16-23(21,22)13-7-5-12(6-8-13)15(20)17-11(2)4-9-14(18)19/h3,5-8,11,16H,1,4,9-10H2,2H3,(H,17,20)(H,18,19). The molecule has 126 valence electrons. The van der Waals surface area contributed by atoms with Gasteiger partial charge in [-0.2, -0.15) is 0 Å². The Balaban J connectivity index is 2.70. The topological polar surface area (TPSA) is 113 Å². The van der Waals surface area contributed by atoms with Crippen LogP contribution >= 0.6 is 0 Å². The first-order valence-electron chi connectivity index (χ1n) is 6.99. The number of benzene rings is 1. The predicted octanol–water partition coefficient (Wildman–Crippen LogP) is 1.13. The fourth-order valence-electron chi connectivity index (χ4n) is 1.76. The second-order valence-corrected chi connectivity index (χ2v) is 6.74.